The Morgan fingerprint density at radius 2 is 1.03 bits per heavy atom. The standard InChI is InChI=1S/C46H37N2O.C25H25N2.Ir/c1-27(2)36-24-33(30-12-7-6-8-13-30)25-37(28(3)4)44(36)48-42-17-10-9-16-41(42)47-46(48)35-15-11-14-34-40-23-32-21-20-31-19-18-29(5)22-38(31)39(32)26-43(40)49-45(34)35;1-17(2)20-13-10-14-21(18(3)4)24(20)27-23-16-9-8-15-22(23)26-25(27)19-11-6-5-7-12-19;/h6-14,16-28H,1-5H3;5-11,13-18H,1-4H3;/q2*-1;/i5D3;;. The Hall–Kier alpha value is -7.89. The molecule has 0 saturated carbocycles. The Labute approximate surface area is 469 Å². The van der Waals surface area contributed by atoms with E-state index in [-0.39, 0.29) is 31.9 Å². The molecule has 10 aromatic carbocycles. The monoisotopic (exact) mass is 1180 g/mol. The second-order valence-corrected chi connectivity index (χ2v) is 21.3. The molecule has 13 aromatic rings. The quantitative estimate of drug-likeness (QED) is 0.107. The predicted molar refractivity (Wildman–Crippen MR) is 320 cm³/mol. The summed E-state index contributed by atoms with van der Waals surface area (Å²) in [6, 6.07) is 71.5. The number of aromatic nitrogens is 4. The predicted octanol–water partition coefficient (Wildman–Crippen LogP) is 19.7. The Kier molecular flexibility index (Phi) is 12.9. The van der Waals surface area contributed by atoms with Crippen molar-refractivity contribution in [3.8, 4) is 45.3 Å². The van der Waals surface area contributed by atoms with E-state index in [0.717, 1.165) is 94.0 Å². The minimum absolute atomic E-state index is 0. The Balaban J connectivity index is 0.000000203. The van der Waals surface area contributed by atoms with Crippen LogP contribution in [0.4, 0.5) is 0 Å². The van der Waals surface area contributed by atoms with Crippen LogP contribution < -0.4 is 0 Å². The minimum atomic E-state index is -2.19. The van der Waals surface area contributed by atoms with Gasteiger partial charge in [0.15, 0.2) is 0 Å². The summed E-state index contributed by atoms with van der Waals surface area (Å²) in [7, 11) is 0. The van der Waals surface area contributed by atoms with E-state index in [4.69, 9.17) is 18.5 Å². The van der Waals surface area contributed by atoms with Crippen molar-refractivity contribution in [1.82, 2.24) is 19.1 Å². The molecule has 0 bridgehead atoms. The Morgan fingerprint density at radius 3 is 1.66 bits per heavy atom. The van der Waals surface area contributed by atoms with Crippen LogP contribution in [0.25, 0.3) is 111 Å². The molecule has 3 aromatic heterocycles. The summed E-state index contributed by atoms with van der Waals surface area (Å²) >= 11 is 0. The van der Waals surface area contributed by atoms with Gasteiger partial charge >= 0.3 is 0 Å². The van der Waals surface area contributed by atoms with Gasteiger partial charge in [-0.25, -0.2) is 0 Å². The normalized spacial score (nSPS) is 12.5. The summed E-state index contributed by atoms with van der Waals surface area (Å²) < 4.78 is 35.5. The molecule has 0 spiro atoms. The molecular weight excluding hydrogens is 1120 g/mol. The molecule has 0 N–H and O–H groups in total. The van der Waals surface area contributed by atoms with E-state index in [1.165, 1.54) is 39.1 Å². The first-order valence-corrected chi connectivity index (χ1v) is 26.7. The van der Waals surface area contributed by atoms with Gasteiger partial charge in [0.2, 0.25) is 0 Å². The van der Waals surface area contributed by atoms with Crippen LogP contribution in [-0.2, 0) is 20.1 Å². The molecule has 3 heterocycles. The number of benzene rings is 10. The number of furan rings is 1. The van der Waals surface area contributed by atoms with Gasteiger partial charge in [-0.1, -0.05) is 175 Å². The van der Waals surface area contributed by atoms with Crippen LogP contribution in [0.15, 0.2) is 192 Å². The molecule has 0 aliphatic carbocycles. The summed E-state index contributed by atoms with van der Waals surface area (Å²) in [4.78, 5) is 10.3. The van der Waals surface area contributed by atoms with Gasteiger partial charge in [-0.15, -0.1) is 54.1 Å². The van der Waals surface area contributed by atoms with E-state index in [2.05, 4.69) is 216 Å². The molecule has 0 fully saturated rings. The van der Waals surface area contributed by atoms with Crippen molar-refractivity contribution in [2.24, 2.45) is 0 Å². The van der Waals surface area contributed by atoms with Gasteiger partial charge < -0.3 is 13.6 Å². The van der Waals surface area contributed by atoms with Crippen molar-refractivity contribution >= 4 is 65.6 Å². The average Bonchev–Trinajstić information content (AvgIpc) is 4.22. The van der Waals surface area contributed by atoms with Crippen molar-refractivity contribution in [2.45, 2.75) is 85.9 Å². The fourth-order valence-electron chi connectivity index (χ4n) is 11.2. The van der Waals surface area contributed by atoms with Crippen LogP contribution in [0.1, 0.15) is 111 Å². The first kappa shape index (κ1) is 47.6. The second kappa shape index (κ2) is 20.9. The summed E-state index contributed by atoms with van der Waals surface area (Å²) in [6.45, 7) is 15.9. The minimum Gasteiger partial charge on any atom is -0.501 e. The summed E-state index contributed by atoms with van der Waals surface area (Å²) in [5, 5.41) is 5.82. The molecule has 0 saturated heterocycles. The Bertz CT molecular complexity index is 4380. The first-order valence-electron chi connectivity index (χ1n) is 28.2. The first-order chi connectivity index (χ1) is 38.1. The van der Waals surface area contributed by atoms with Gasteiger partial charge in [-0.2, -0.15) is 0 Å². The summed E-state index contributed by atoms with van der Waals surface area (Å²) in [6.07, 6.45) is 0. The fraction of sp³-hybridized carbons (Fsp3) is 0.183. The van der Waals surface area contributed by atoms with E-state index >= 15 is 0 Å². The third-order valence-corrected chi connectivity index (χ3v) is 15.0. The van der Waals surface area contributed by atoms with Crippen LogP contribution in [0.3, 0.4) is 0 Å². The topological polar surface area (TPSA) is 48.8 Å². The van der Waals surface area contributed by atoms with Crippen molar-refractivity contribution in [3.05, 3.63) is 228 Å². The number of rotatable bonds is 9. The van der Waals surface area contributed by atoms with E-state index < -0.39 is 6.85 Å². The maximum absolute atomic E-state index is 8.01. The molecule has 0 atom stereocenters. The second-order valence-electron chi connectivity index (χ2n) is 21.3. The van der Waals surface area contributed by atoms with E-state index in [1.807, 2.05) is 36.4 Å². The van der Waals surface area contributed by atoms with Gasteiger partial charge in [0.05, 0.1) is 39.3 Å². The molecule has 383 valence electrons. The number of imidazole rings is 2. The summed E-state index contributed by atoms with van der Waals surface area (Å²) in [5.41, 5.74) is 17.7. The summed E-state index contributed by atoms with van der Waals surface area (Å²) in [5.74, 6) is 3.06. The molecule has 0 unspecified atom stereocenters. The maximum atomic E-state index is 8.01. The fourth-order valence-corrected chi connectivity index (χ4v) is 11.2. The maximum Gasteiger partial charge on any atom is 0.121 e. The zero-order valence-electron chi connectivity index (χ0n) is 47.7. The number of nitrogens with zero attached hydrogens (tertiary/aromatic N) is 4. The number of hydrogen-bond donors (Lipinski definition) is 0. The largest absolute Gasteiger partial charge is 0.501 e. The van der Waals surface area contributed by atoms with E-state index in [9.17, 15) is 0 Å². The molecule has 1 radical (unpaired) electrons. The molecule has 0 aliphatic heterocycles. The molecule has 6 heteroatoms. The zero-order valence-corrected chi connectivity index (χ0v) is 47.1. The smallest absolute Gasteiger partial charge is 0.121 e. The van der Waals surface area contributed by atoms with Crippen molar-refractivity contribution in [2.75, 3.05) is 0 Å². The van der Waals surface area contributed by atoms with Gasteiger partial charge in [0, 0.05) is 41.0 Å². The van der Waals surface area contributed by atoms with Crippen molar-refractivity contribution in [3.63, 3.8) is 0 Å². The Morgan fingerprint density at radius 1 is 0.455 bits per heavy atom. The number of fused-ring (bicyclic) bond motifs is 8. The van der Waals surface area contributed by atoms with Gasteiger partial charge in [-0.05, 0) is 134 Å². The average molecular weight is 1180 g/mol. The van der Waals surface area contributed by atoms with Crippen molar-refractivity contribution in [1.29, 1.82) is 0 Å². The van der Waals surface area contributed by atoms with Gasteiger partial charge in [-0.3, -0.25) is 9.97 Å². The number of hydrogen-bond acceptors (Lipinski definition) is 3. The SMILES string of the molecule is CC(C)c1cccc(C(C)C)c1-n1c(-c2[c-]cccc2)nc2ccccc21.[2H]C([2H])([2H])c1ccc2ccc3cc4c(cc3c2c1)oc1c(-c2nc3ccccc3n2-c2c(C(C)C)cc(-c3ccccc3)cc2C(C)C)[c-]ccc14.[Ir]. The van der Waals surface area contributed by atoms with Gasteiger partial charge in [0.1, 0.15) is 5.58 Å². The van der Waals surface area contributed by atoms with Crippen LogP contribution in [0, 0.1) is 19.0 Å². The molecular formula is C71H62IrN4O-2. The molecule has 77 heavy (non-hydrogen) atoms. The molecule has 13 rings (SSSR count). The third kappa shape index (κ3) is 9.18. The van der Waals surface area contributed by atoms with Crippen molar-refractivity contribution < 1.29 is 28.6 Å². The van der Waals surface area contributed by atoms with Crippen LogP contribution in [0.5, 0.6) is 0 Å². The van der Waals surface area contributed by atoms with E-state index in [0.29, 0.717) is 17.4 Å². The molecule has 0 aliphatic rings. The van der Waals surface area contributed by atoms with Crippen LogP contribution in [0.2, 0.25) is 0 Å². The molecule has 0 amide bonds. The third-order valence-electron chi connectivity index (χ3n) is 15.0. The number of para-hydroxylation sites is 5. The van der Waals surface area contributed by atoms with Crippen LogP contribution in [-0.4, -0.2) is 19.1 Å². The zero-order chi connectivity index (χ0) is 54.9. The van der Waals surface area contributed by atoms with Gasteiger partial charge in [0.25, 0.3) is 0 Å². The van der Waals surface area contributed by atoms with Crippen LogP contribution >= 0.6 is 0 Å². The molecule has 5 nitrogen and oxygen atoms in total. The number of aryl methyl sites for hydroxylation is 1. The van der Waals surface area contributed by atoms with E-state index in [1.54, 1.807) is 12.1 Å².